The summed E-state index contributed by atoms with van der Waals surface area (Å²) in [5.41, 5.74) is 0.0764. The molecule has 1 atom stereocenters. The summed E-state index contributed by atoms with van der Waals surface area (Å²) in [7, 11) is 0. The standard InChI is InChI=1S/C18H14ClF3N4O2S/c19-12-7-10(18(20,21)22)8-26-16(12)24-25-17(26)29-9-15(27)23-13-5-6-28-14-4-2-1-3-11(13)14/h1-4,7-8,13H,5-6,9H2,(H,23,27). The number of aromatic nitrogens is 3. The maximum Gasteiger partial charge on any atom is 0.417 e. The molecule has 29 heavy (non-hydrogen) atoms. The molecule has 1 aliphatic heterocycles. The molecule has 1 N–H and O–H groups in total. The van der Waals surface area contributed by atoms with Crippen LogP contribution >= 0.6 is 23.4 Å². The van der Waals surface area contributed by atoms with Gasteiger partial charge in [-0.25, -0.2) is 0 Å². The number of carbonyl (C=O) groups is 1. The maximum atomic E-state index is 13.0. The number of ether oxygens (including phenoxy) is 1. The van der Waals surface area contributed by atoms with Gasteiger partial charge in [-0.15, -0.1) is 10.2 Å². The monoisotopic (exact) mass is 442 g/mol. The minimum Gasteiger partial charge on any atom is -0.493 e. The first-order chi connectivity index (χ1) is 13.8. The summed E-state index contributed by atoms with van der Waals surface area (Å²) in [5, 5.41) is 10.6. The molecule has 1 unspecified atom stereocenters. The van der Waals surface area contributed by atoms with Gasteiger partial charge in [0.25, 0.3) is 0 Å². The third kappa shape index (κ3) is 4.13. The third-order valence-corrected chi connectivity index (χ3v) is 5.60. The molecule has 0 spiro atoms. The van der Waals surface area contributed by atoms with E-state index in [-0.39, 0.29) is 33.5 Å². The lowest BCUT2D eigenvalue weighted by Gasteiger charge is -2.26. The molecule has 2 aromatic heterocycles. The lowest BCUT2D eigenvalue weighted by atomic mass is 10.0. The molecule has 1 amide bonds. The van der Waals surface area contributed by atoms with Crippen LogP contribution in [0.25, 0.3) is 5.65 Å². The summed E-state index contributed by atoms with van der Waals surface area (Å²) in [6.45, 7) is 0.489. The average molecular weight is 443 g/mol. The van der Waals surface area contributed by atoms with Crippen molar-refractivity contribution < 1.29 is 22.7 Å². The molecule has 0 aliphatic carbocycles. The highest BCUT2D eigenvalue weighted by Crippen LogP contribution is 2.34. The molecule has 0 radical (unpaired) electrons. The Hall–Kier alpha value is -2.46. The van der Waals surface area contributed by atoms with Crippen molar-refractivity contribution in [1.29, 1.82) is 0 Å². The SMILES string of the molecule is O=C(CSc1nnc2c(Cl)cc(C(F)(F)F)cn12)NC1CCOc2ccccc21. The van der Waals surface area contributed by atoms with Gasteiger partial charge in [0.1, 0.15) is 5.75 Å². The number of nitrogens with zero attached hydrogens (tertiary/aromatic N) is 3. The molecular formula is C18H14ClF3N4O2S. The number of fused-ring (bicyclic) bond motifs is 2. The first-order valence-corrected chi connectivity index (χ1v) is 9.94. The number of thioether (sulfide) groups is 1. The molecule has 6 nitrogen and oxygen atoms in total. The number of hydrogen-bond donors (Lipinski definition) is 1. The molecule has 0 fully saturated rings. The molecule has 1 aromatic carbocycles. The highest BCUT2D eigenvalue weighted by Gasteiger charge is 2.32. The van der Waals surface area contributed by atoms with Crippen LogP contribution < -0.4 is 10.1 Å². The Morgan fingerprint density at radius 2 is 2.14 bits per heavy atom. The van der Waals surface area contributed by atoms with Gasteiger partial charge in [0.2, 0.25) is 5.91 Å². The van der Waals surface area contributed by atoms with E-state index < -0.39 is 11.7 Å². The summed E-state index contributed by atoms with van der Waals surface area (Å²) in [6, 6.07) is 8.07. The zero-order valence-corrected chi connectivity index (χ0v) is 16.3. The Balaban J connectivity index is 1.48. The van der Waals surface area contributed by atoms with Crippen LogP contribution in [-0.4, -0.2) is 32.9 Å². The van der Waals surface area contributed by atoms with Gasteiger partial charge >= 0.3 is 6.18 Å². The Morgan fingerprint density at radius 1 is 1.34 bits per heavy atom. The number of alkyl halides is 3. The number of nitrogens with one attached hydrogen (secondary N) is 1. The van der Waals surface area contributed by atoms with Gasteiger partial charge in [0, 0.05) is 18.2 Å². The summed E-state index contributed by atoms with van der Waals surface area (Å²) >= 11 is 6.88. The van der Waals surface area contributed by atoms with Crippen molar-refractivity contribution in [2.75, 3.05) is 12.4 Å². The summed E-state index contributed by atoms with van der Waals surface area (Å²) in [5.74, 6) is 0.426. The third-order valence-electron chi connectivity index (χ3n) is 4.38. The van der Waals surface area contributed by atoms with E-state index in [9.17, 15) is 18.0 Å². The van der Waals surface area contributed by atoms with Crippen molar-refractivity contribution in [1.82, 2.24) is 19.9 Å². The van der Waals surface area contributed by atoms with Crippen molar-refractivity contribution in [3.05, 3.63) is 52.7 Å². The quantitative estimate of drug-likeness (QED) is 0.615. The van der Waals surface area contributed by atoms with E-state index in [1.165, 1.54) is 0 Å². The van der Waals surface area contributed by atoms with Gasteiger partial charge in [-0.2, -0.15) is 13.2 Å². The van der Waals surface area contributed by atoms with Crippen molar-refractivity contribution >= 4 is 34.9 Å². The van der Waals surface area contributed by atoms with Crippen LogP contribution in [0.5, 0.6) is 5.75 Å². The minimum absolute atomic E-state index is 0.0335. The van der Waals surface area contributed by atoms with Gasteiger partial charge < -0.3 is 10.1 Å². The topological polar surface area (TPSA) is 68.5 Å². The van der Waals surface area contributed by atoms with Crippen molar-refractivity contribution in [3.8, 4) is 5.75 Å². The molecule has 11 heteroatoms. The molecule has 4 rings (SSSR count). The number of halogens is 4. The van der Waals surface area contributed by atoms with E-state index in [1.807, 2.05) is 24.3 Å². The van der Waals surface area contributed by atoms with Crippen LogP contribution in [0.4, 0.5) is 13.2 Å². The second-order valence-electron chi connectivity index (χ2n) is 6.33. The lowest BCUT2D eigenvalue weighted by molar-refractivity contribution is -0.137. The van der Waals surface area contributed by atoms with Crippen molar-refractivity contribution in [3.63, 3.8) is 0 Å². The Morgan fingerprint density at radius 3 is 2.93 bits per heavy atom. The fourth-order valence-corrected chi connectivity index (χ4v) is 4.01. The van der Waals surface area contributed by atoms with E-state index in [2.05, 4.69) is 15.5 Å². The minimum atomic E-state index is -4.56. The predicted molar refractivity (Wildman–Crippen MR) is 101 cm³/mol. The van der Waals surface area contributed by atoms with E-state index in [4.69, 9.17) is 16.3 Å². The normalized spacial score (nSPS) is 16.3. The Bertz CT molecular complexity index is 1070. The largest absolute Gasteiger partial charge is 0.493 e. The second kappa shape index (κ2) is 7.75. The molecule has 3 heterocycles. The first-order valence-electron chi connectivity index (χ1n) is 8.58. The van der Waals surface area contributed by atoms with Crippen LogP contribution in [0, 0.1) is 0 Å². The second-order valence-corrected chi connectivity index (χ2v) is 7.68. The highest BCUT2D eigenvalue weighted by molar-refractivity contribution is 7.99. The Kier molecular flexibility index (Phi) is 5.30. The van der Waals surface area contributed by atoms with E-state index in [0.29, 0.717) is 13.0 Å². The highest BCUT2D eigenvalue weighted by atomic mass is 35.5. The number of para-hydroxylation sites is 1. The number of hydrogen-bond acceptors (Lipinski definition) is 5. The molecule has 0 saturated carbocycles. The van der Waals surface area contributed by atoms with Crippen LogP contribution in [-0.2, 0) is 11.0 Å². The summed E-state index contributed by atoms with van der Waals surface area (Å²) in [6.07, 6.45) is -3.06. The van der Waals surface area contributed by atoms with Gasteiger partial charge in [-0.1, -0.05) is 41.6 Å². The zero-order chi connectivity index (χ0) is 20.6. The summed E-state index contributed by atoms with van der Waals surface area (Å²) < 4.78 is 45.8. The van der Waals surface area contributed by atoms with Gasteiger partial charge in [-0.3, -0.25) is 9.20 Å². The average Bonchev–Trinajstić information content (AvgIpc) is 3.10. The van der Waals surface area contributed by atoms with E-state index in [1.54, 1.807) is 0 Å². The fourth-order valence-electron chi connectivity index (χ4n) is 3.05. The fraction of sp³-hybridized carbons (Fsp3) is 0.278. The lowest BCUT2D eigenvalue weighted by Crippen LogP contribution is -2.33. The first kappa shape index (κ1) is 19.8. The molecule has 3 aromatic rings. The van der Waals surface area contributed by atoms with Crippen LogP contribution in [0.15, 0.2) is 41.7 Å². The molecule has 152 valence electrons. The molecular weight excluding hydrogens is 429 g/mol. The van der Waals surface area contributed by atoms with Crippen LogP contribution in [0.1, 0.15) is 23.6 Å². The smallest absolute Gasteiger partial charge is 0.417 e. The number of pyridine rings is 1. The summed E-state index contributed by atoms with van der Waals surface area (Å²) in [4.78, 5) is 12.4. The zero-order valence-electron chi connectivity index (χ0n) is 14.7. The number of benzene rings is 1. The maximum absolute atomic E-state index is 13.0. The van der Waals surface area contributed by atoms with Gasteiger partial charge in [0.05, 0.1) is 29.0 Å². The Labute approximate surface area is 172 Å². The van der Waals surface area contributed by atoms with Crippen molar-refractivity contribution in [2.45, 2.75) is 23.8 Å². The molecule has 0 saturated heterocycles. The number of rotatable bonds is 4. The van der Waals surface area contributed by atoms with Crippen LogP contribution in [0.3, 0.4) is 0 Å². The van der Waals surface area contributed by atoms with Gasteiger partial charge in [-0.05, 0) is 12.1 Å². The van der Waals surface area contributed by atoms with Crippen LogP contribution in [0.2, 0.25) is 5.02 Å². The molecule has 1 aliphatic rings. The van der Waals surface area contributed by atoms with E-state index >= 15 is 0 Å². The van der Waals surface area contributed by atoms with Crippen molar-refractivity contribution in [2.24, 2.45) is 0 Å². The molecule has 0 bridgehead atoms. The predicted octanol–water partition coefficient (Wildman–Crippen LogP) is 4.13. The van der Waals surface area contributed by atoms with Gasteiger partial charge in [0.15, 0.2) is 10.8 Å². The van der Waals surface area contributed by atoms with E-state index in [0.717, 1.165) is 39.7 Å². The number of amides is 1. The number of carbonyl (C=O) groups excluding carboxylic acids is 1.